The van der Waals surface area contributed by atoms with Gasteiger partial charge in [-0.15, -0.1) is 0 Å². The van der Waals surface area contributed by atoms with Crippen molar-refractivity contribution in [1.29, 1.82) is 0 Å². The van der Waals surface area contributed by atoms with E-state index in [1.165, 1.54) is 0 Å². The van der Waals surface area contributed by atoms with Gasteiger partial charge < -0.3 is 0 Å². The molecule has 0 heterocycles. The molecule has 0 saturated heterocycles. The number of halogens is 2. The molecule has 2 aliphatic rings. The molecule has 0 radical (unpaired) electrons. The summed E-state index contributed by atoms with van der Waals surface area (Å²) in [5.41, 5.74) is 1.01. The zero-order valence-corrected chi connectivity index (χ0v) is 31.2. The van der Waals surface area contributed by atoms with Crippen molar-refractivity contribution in [2.45, 2.75) is 183 Å². The zero-order chi connectivity index (χ0) is 33.0. The summed E-state index contributed by atoms with van der Waals surface area (Å²) in [6, 6.07) is 9.12. The number of hydrogen-bond donors (Lipinski definition) is 0. The van der Waals surface area contributed by atoms with Crippen molar-refractivity contribution < 1.29 is 8.39 Å². The summed E-state index contributed by atoms with van der Waals surface area (Å²) in [5.74, 6) is 0. The molecule has 246 valence electrons. The maximum atomic E-state index is 19.4. The Bertz CT molecular complexity index is 897. The van der Waals surface area contributed by atoms with Crippen LogP contribution in [0, 0.1) is 11.3 Å². The second-order valence-electron chi connectivity index (χ2n) is 15.4. The maximum absolute atomic E-state index is 19.4. The molecule has 0 aromatic heterocycles. The molecule has 7 heteroatoms. The third-order valence-electron chi connectivity index (χ3n) is 9.76. The molecule has 3 rings (SSSR count). The summed E-state index contributed by atoms with van der Waals surface area (Å²) < 4.78 is 38.8. The molecule has 4 unspecified atom stereocenters. The Kier molecular flexibility index (Phi) is 11.1. The van der Waals surface area contributed by atoms with Crippen LogP contribution in [0.15, 0.2) is 30.3 Å². The fourth-order valence-electron chi connectivity index (χ4n) is 8.73. The molecule has 4 nitrogen and oxygen atoms in total. The average molecular weight is 623 g/mol. The van der Waals surface area contributed by atoms with Crippen molar-refractivity contribution in [2.24, 2.45) is 0 Å². The molecule has 1 aromatic rings. The van der Waals surface area contributed by atoms with Crippen molar-refractivity contribution in [3.8, 4) is 0 Å². The van der Waals surface area contributed by atoms with Gasteiger partial charge in [0.1, 0.15) is 0 Å². The molecule has 0 amide bonds. The monoisotopic (exact) mass is 622 g/mol. The van der Waals surface area contributed by atoms with Crippen molar-refractivity contribution in [2.75, 3.05) is 0 Å². The van der Waals surface area contributed by atoms with Crippen LogP contribution in [0.5, 0.6) is 0 Å². The van der Waals surface area contributed by atoms with Crippen LogP contribution < -0.4 is 5.30 Å². The predicted octanol–water partition coefficient (Wildman–Crippen LogP) is 8.67. The molecular formula is C36H65F2N4P+2. The second kappa shape index (κ2) is 13.1. The summed E-state index contributed by atoms with van der Waals surface area (Å²) in [4.78, 5) is 9.50. The molecule has 0 spiro atoms. The fraction of sp³-hybridized carbons (Fsp3) is 0.778. The quantitative estimate of drug-likeness (QED) is 0.143. The molecule has 43 heavy (non-hydrogen) atoms. The standard InChI is InChI=1S/C36H65F2N4P/c1-22(2)39(23(3)4)31-32(40(24(5)6)25(7)8)35(31)43(37,38,30-20-18-17-19-21-30)36-33(41(26(9)10)27(11)12)34(36)42(28(13)14)29(15)16/h17-29,31-34H,1-16H3/q+2. The van der Waals surface area contributed by atoms with Crippen LogP contribution in [-0.4, -0.2) is 92.1 Å². The van der Waals surface area contributed by atoms with Crippen molar-refractivity contribution in [1.82, 2.24) is 19.6 Å². The topological polar surface area (TPSA) is 13.0 Å². The van der Waals surface area contributed by atoms with Crippen LogP contribution in [-0.2, 0) is 0 Å². The van der Waals surface area contributed by atoms with E-state index >= 15 is 8.39 Å². The number of nitrogens with zero attached hydrogens (tertiary/aromatic N) is 4. The van der Waals surface area contributed by atoms with Gasteiger partial charge in [0.05, 0.1) is 0 Å². The molecule has 2 fully saturated rings. The molecular weight excluding hydrogens is 557 g/mol. The van der Waals surface area contributed by atoms with E-state index in [4.69, 9.17) is 0 Å². The van der Waals surface area contributed by atoms with E-state index in [0.717, 1.165) is 0 Å². The third-order valence-corrected chi connectivity index (χ3v) is 13.8. The van der Waals surface area contributed by atoms with E-state index in [2.05, 4.69) is 130 Å². The predicted molar refractivity (Wildman–Crippen MR) is 185 cm³/mol. The van der Waals surface area contributed by atoms with Crippen LogP contribution >= 0.6 is 7.22 Å². The molecule has 2 saturated carbocycles. The number of benzene rings is 1. The average Bonchev–Trinajstić information content (AvgIpc) is 3.74. The van der Waals surface area contributed by atoms with E-state index in [9.17, 15) is 0 Å². The third kappa shape index (κ3) is 6.39. The Balaban J connectivity index is 2.39. The first-order valence-corrected chi connectivity index (χ1v) is 19.1. The van der Waals surface area contributed by atoms with Gasteiger partial charge in [-0.05, 0) is 0 Å². The van der Waals surface area contributed by atoms with Crippen LogP contribution in [0.4, 0.5) is 8.39 Å². The summed E-state index contributed by atoms with van der Waals surface area (Å²) >= 11 is 0. The Labute approximate surface area is 265 Å². The Hall–Kier alpha value is -0.910. The van der Waals surface area contributed by atoms with E-state index < -0.39 is 7.22 Å². The Morgan fingerprint density at radius 1 is 0.442 bits per heavy atom. The molecule has 2 aliphatic carbocycles. The Morgan fingerprint density at radius 2 is 0.651 bits per heavy atom. The Morgan fingerprint density at radius 3 is 0.837 bits per heavy atom. The normalized spacial score (nSPS) is 24.2. The van der Waals surface area contributed by atoms with E-state index in [0.29, 0.717) is 11.3 Å². The molecule has 0 bridgehead atoms. The van der Waals surface area contributed by atoms with Gasteiger partial charge in [0.15, 0.2) is 0 Å². The van der Waals surface area contributed by atoms with Crippen molar-refractivity contribution >= 4 is 12.5 Å². The zero-order valence-electron chi connectivity index (χ0n) is 30.3. The molecule has 0 aliphatic heterocycles. The van der Waals surface area contributed by atoms with E-state index in [1.54, 1.807) is 12.1 Å². The second-order valence-corrected chi connectivity index (χ2v) is 18.8. The summed E-state index contributed by atoms with van der Waals surface area (Å²) in [5, 5.41) is 0.248. The van der Waals surface area contributed by atoms with Gasteiger partial charge in [0.2, 0.25) is 0 Å². The van der Waals surface area contributed by atoms with Crippen molar-refractivity contribution in [3.63, 3.8) is 0 Å². The van der Waals surface area contributed by atoms with Crippen LogP contribution in [0.1, 0.15) is 111 Å². The van der Waals surface area contributed by atoms with Gasteiger partial charge in [-0.3, -0.25) is 0 Å². The van der Waals surface area contributed by atoms with Gasteiger partial charge in [0, 0.05) is 0 Å². The van der Waals surface area contributed by atoms with E-state index in [-0.39, 0.29) is 77.8 Å². The van der Waals surface area contributed by atoms with Crippen LogP contribution in [0.3, 0.4) is 0 Å². The fourth-order valence-corrected chi connectivity index (χ4v) is 13.1. The summed E-state index contributed by atoms with van der Waals surface area (Å²) in [7, 11) is -5.79. The first-order chi connectivity index (χ1) is 19.7. The SMILES string of the molecule is CC(C)N(C(C)C)C1[C+](P(F)(F)(c2ccccc2)[C+]2C(N(C(C)C)C(C)C)C2N(C(C)C)C(C)C)C1N(C(C)C)C(C)C. The van der Waals surface area contributed by atoms with Crippen LogP contribution in [0.25, 0.3) is 0 Å². The molecule has 1 aromatic carbocycles. The van der Waals surface area contributed by atoms with Gasteiger partial charge in [0.25, 0.3) is 0 Å². The minimum atomic E-state index is -5.79. The minimum absolute atomic E-state index is 0.156. The van der Waals surface area contributed by atoms with Crippen LogP contribution in [0.2, 0.25) is 0 Å². The van der Waals surface area contributed by atoms with Crippen molar-refractivity contribution in [3.05, 3.63) is 41.6 Å². The van der Waals surface area contributed by atoms with Gasteiger partial charge in [-0.1, -0.05) is 0 Å². The molecule has 0 N–H and O–H groups in total. The summed E-state index contributed by atoms with van der Waals surface area (Å²) in [6.07, 6.45) is 0. The first-order valence-electron chi connectivity index (χ1n) is 17.1. The first kappa shape index (κ1) is 36.6. The van der Waals surface area contributed by atoms with Gasteiger partial charge in [-0.2, -0.15) is 0 Å². The summed E-state index contributed by atoms with van der Waals surface area (Å²) in [6.45, 7) is 34.7. The van der Waals surface area contributed by atoms with E-state index in [1.807, 2.05) is 18.2 Å². The molecule has 4 atom stereocenters. The number of rotatable bonds is 15. The van der Waals surface area contributed by atoms with Gasteiger partial charge in [-0.25, -0.2) is 0 Å². The van der Waals surface area contributed by atoms with Gasteiger partial charge >= 0.3 is 265 Å². The number of hydrogen-bond acceptors (Lipinski definition) is 4.